The van der Waals surface area contributed by atoms with Crippen LogP contribution < -0.4 is 10.0 Å². The molecule has 182 valence electrons. The number of carbonyl (C=O) groups excluding carboxylic acids is 1. The van der Waals surface area contributed by atoms with Gasteiger partial charge in [0.05, 0.1) is 33.9 Å². The quantitative estimate of drug-likeness (QED) is 0.469. The van der Waals surface area contributed by atoms with Gasteiger partial charge in [-0.1, -0.05) is 18.2 Å². The van der Waals surface area contributed by atoms with Crippen LogP contribution in [0.2, 0.25) is 0 Å². The minimum absolute atomic E-state index is 0.0286. The van der Waals surface area contributed by atoms with Gasteiger partial charge in [-0.15, -0.1) is 0 Å². The third-order valence-corrected chi connectivity index (χ3v) is 5.89. The fraction of sp³-hybridized carbons (Fsp3) is 0.304. The van der Waals surface area contributed by atoms with Gasteiger partial charge in [0.1, 0.15) is 5.60 Å². The van der Waals surface area contributed by atoms with E-state index in [-0.39, 0.29) is 23.7 Å². The second-order valence-corrected chi connectivity index (χ2v) is 10.2. The number of hydrogen-bond acceptors (Lipinski definition) is 6. The first-order valence-corrected chi connectivity index (χ1v) is 11.7. The van der Waals surface area contributed by atoms with E-state index in [1.54, 1.807) is 45.0 Å². The first kappa shape index (κ1) is 25.4. The summed E-state index contributed by atoms with van der Waals surface area (Å²) in [4.78, 5) is 16.0. The lowest BCUT2D eigenvalue weighted by atomic mass is 10.2. The lowest BCUT2D eigenvalue weighted by Crippen LogP contribution is -2.31. The van der Waals surface area contributed by atoms with Crippen molar-refractivity contribution in [2.24, 2.45) is 0 Å². The highest BCUT2D eigenvalue weighted by Crippen LogP contribution is 2.30. The number of ether oxygens (including phenoxy) is 1. The number of rotatable bonds is 7. The molecule has 2 aromatic carbocycles. The largest absolute Gasteiger partial charge is 0.459 e. The molecule has 0 spiro atoms. The van der Waals surface area contributed by atoms with Gasteiger partial charge in [-0.3, -0.25) is 9.52 Å². The highest BCUT2D eigenvalue weighted by Gasteiger charge is 2.30. The summed E-state index contributed by atoms with van der Waals surface area (Å²) in [6.07, 6.45) is -4.57. The second-order valence-electron chi connectivity index (χ2n) is 8.50. The van der Waals surface area contributed by atoms with E-state index in [0.29, 0.717) is 28.7 Å². The van der Waals surface area contributed by atoms with Crippen molar-refractivity contribution in [1.82, 2.24) is 10.3 Å². The Labute approximate surface area is 195 Å². The van der Waals surface area contributed by atoms with Gasteiger partial charge >= 0.3 is 12.1 Å². The topological polar surface area (TPSA) is 97.4 Å². The zero-order valence-corrected chi connectivity index (χ0v) is 19.5. The van der Waals surface area contributed by atoms with Crippen LogP contribution >= 0.6 is 0 Å². The Hall–Kier alpha value is -3.18. The number of para-hydroxylation sites is 1. The molecule has 2 N–H and O–H groups in total. The molecule has 34 heavy (non-hydrogen) atoms. The number of hydrogen-bond donors (Lipinski definition) is 2. The molecule has 11 heteroatoms. The van der Waals surface area contributed by atoms with Gasteiger partial charge in [0.15, 0.2) is 0 Å². The maximum Gasteiger partial charge on any atom is 0.416 e. The predicted molar refractivity (Wildman–Crippen MR) is 122 cm³/mol. The van der Waals surface area contributed by atoms with Crippen molar-refractivity contribution in [3.05, 3.63) is 65.9 Å². The number of nitrogens with one attached hydrogen (secondary N) is 2. The molecule has 1 aromatic heterocycles. The molecule has 7 nitrogen and oxygen atoms in total. The number of carbonyl (C=O) groups is 1. The number of pyridine rings is 1. The molecule has 0 atom stereocenters. The van der Waals surface area contributed by atoms with Crippen molar-refractivity contribution in [2.75, 3.05) is 11.3 Å². The Balaban J connectivity index is 1.78. The van der Waals surface area contributed by atoms with Gasteiger partial charge in [0.2, 0.25) is 0 Å². The van der Waals surface area contributed by atoms with E-state index in [1.165, 1.54) is 6.07 Å². The summed E-state index contributed by atoms with van der Waals surface area (Å²) in [7, 11) is -4.16. The Morgan fingerprint density at radius 3 is 2.29 bits per heavy atom. The normalized spacial score (nSPS) is 12.5. The number of halogens is 3. The van der Waals surface area contributed by atoms with Crippen LogP contribution in [0.15, 0.2) is 59.5 Å². The van der Waals surface area contributed by atoms with Crippen LogP contribution in [0.3, 0.4) is 0 Å². The fourth-order valence-electron chi connectivity index (χ4n) is 3.07. The van der Waals surface area contributed by atoms with Crippen molar-refractivity contribution in [2.45, 2.75) is 44.0 Å². The molecular formula is C23H24F3N3O4S. The molecule has 3 aromatic rings. The van der Waals surface area contributed by atoms with Crippen LogP contribution in [0.1, 0.15) is 32.0 Å². The van der Waals surface area contributed by atoms with E-state index in [9.17, 15) is 26.4 Å². The maximum atomic E-state index is 12.8. The number of fused-ring (bicyclic) bond motifs is 1. The highest BCUT2D eigenvalue weighted by atomic mass is 32.2. The fourth-order valence-corrected chi connectivity index (χ4v) is 4.13. The smallest absolute Gasteiger partial charge is 0.416 e. The van der Waals surface area contributed by atoms with Gasteiger partial charge in [-0.2, -0.15) is 13.2 Å². The summed E-state index contributed by atoms with van der Waals surface area (Å²) < 4.78 is 71.5. The SMILES string of the molecule is CC(C)(C)OC(=O)CNCc1ccc2cccc(NS(=O)(=O)c3ccc(C(F)(F)F)cc3)c2n1. The Kier molecular flexibility index (Phi) is 7.18. The van der Waals surface area contributed by atoms with E-state index >= 15 is 0 Å². The molecular weight excluding hydrogens is 471 g/mol. The van der Waals surface area contributed by atoms with Crippen LogP contribution in [0.4, 0.5) is 18.9 Å². The van der Waals surface area contributed by atoms with Crippen LogP contribution in [-0.2, 0) is 32.3 Å². The third kappa shape index (κ3) is 6.67. The van der Waals surface area contributed by atoms with Crippen molar-refractivity contribution in [1.29, 1.82) is 0 Å². The molecule has 0 aliphatic heterocycles. The molecule has 0 amide bonds. The number of esters is 1. The molecule has 0 aliphatic rings. The Bertz CT molecular complexity index is 1290. The zero-order valence-electron chi connectivity index (χ0n) is 18.7. The first-order valence-electron chi connectivity index (χ1n) is 10.3. The Morgan fingerprint density at radius 1 is 1.00 bits per heavy atom. The molecule has 0 unspecified atom stereocenters. The standard InChI is InChI=1S/C23H24F3N3O4S/c1-22(2,3)33-20(30)14-27-13-17-10-7-15-5-4-6-19(21(15)28-17)29-34(31,32)18-11-8-16(9-12-18)23(24,25)26/h4-12,27,29H,13-14H2,1-3H3. The molecule has 0 bridgehead atoms. The van der Waals surface area contributed by atoms with Gasteiger partial charge in [-0.25, -0.2) is 13.4 Å². The number of sulfonamides is 1. The van der Waals surface area contributed by atoms with Gasteiger partial charge in [0.25, 0.3) is 10.0 Å². The monoisotopic (exact) mass is 495 g/mol. The van der Waals surface area contributed by atoms with Crippen LogP contribution in [0.25, 0.3) is 10.9 Å². The summed E-state index contributed by atoms with van der Waals surface area (Å²) in [5.41, 5.74) is -0.459. The molecule has 0 radical (unpaired) electrons. The first-order chi connectivity index (χ1) is 15.7. The summed E-state index contributed by atoms with van der Waals surface area (Å²) in [5, 5.41) is 3.59. The lowest BCUT2D eigenvalue weighted by Gasteiger charge is -2.19. The van der Waals surface area contributed by atoms with Crippen LogP contribution in [-0.4, -0.2) is 31.5 Å². The maximum absolute atomic E-state index is 12.8. The van der Waals surface area contributed by atoms with Gasteiger partial charge in [0, 0.05) is 11.9 Å². The van der Waals surface area contributed by atoms with Crippen molar-refractivity contribution in [3.8, 4) is 0 Å². The minimum atomic E-state index is -4.57. The lowest BCUT2D eigenvalue weighted by molar-refractivity contribution is -0.153. The summed E-state index contributed by atoms with van der Waals surface area (Å²) in [6, 6.07) is 11.6. The van der Waals surface area contributed by atoms with Crippen molar-refractivity contribution in [3.63, 3.8) is 0 Å². The third-order valence-electron chi connectivity index (χ3n) is 4.51. The zero-order chi connectivity index (χ0) is 25.1. The van der Waals surface area contributed by atoms with Crippen LogP contribution in [0.5, 0.6) is 0 Å². The summed E-state index contributed by atoms with van der Waals surface area (Å²) in [6.45, 7) is 5.50. The molecule has 0 saturated heterocycles. The number of alkyl halides is 3. The van der Waals surface area contributed by atoms with E-state index in [2.05, 4.69) is 15.0 Å². The molecule has 3 rings (SSSR count). The summed E-state index contributed by atoms with van der Waals surface area (Å²) >= 11 is 0. The minimum Gasteiger partial charge on any atom is -0.459 e. The van der Waals surface area contributed by atoms with Gasteiger partial charge < -0.3 is 10.1 Å². The highest BCUT2D eigenvalue weighted by molar-refractivity contribution is 7.92. The van der Waals surface area contributed by atoms with Crippen molar-refractivity contribution >= 4 is 32.6 Å². The van der Waals surface area contributed by atoms with Crippen LogP contribution in [0, 0.1) is 0 Å². The van der Waals surface area contributed by atoms with Gasteiger partial charge in [-0.05, 0) is 57.2 Å². The second kappa shape index (κ2) is 9.59. The van der Waals surface area contributed by atoms with E-state index < -0.39 is 33.3 Å². The summed E-state index contributed by atoms with van der Waals surface area (Å²) in [5.74, 6) is -0.418. The molecule has 0 aliphatic carbocycles. The number of benzene rings is 2. The van der Waals surface area contributed by atoms with E-state index in [4.69, 9.17) is 4.74 Å². The predicted octanol–water partition coefficient (Wildman–Crippen LogP) is 4.49. The van der Waals surface area contributed by atoms with E-state index in [1.807, 2.05) is 0 Å². The molecule has 0 fully saturated rings. The number of anilines is 1. The number of nitrogens with zero attached hydrogens (tertiary/aromatic N) is 1. The number of aromatic nitrogens is 1. The average Bonchev–Trinajstić information content (AvgIpc) is 2.72. The van der Waals surface area contributed by atoms with E-state index in [0.717, 1.165) is 12.1 Å². The molecule has 1 heterocycles. The molecule has 0 saturated carbocycles. The van der Waals surface area contributed by atoms with Crippen molar-refractivity contribution < 1.29 is 31.1 Å². The average molecular weight is 496 g/mol. The Morgan fingerprint density at radius 2 is 1.68 bits per heavy atom.